The molecule has 162 valence electrons. The first-order valence-corrected chi connectivity index (χ1v) is 11.2. The lowest BCUT2D eigenvalue weighted by Crippen LogP contribution is -2.41. The monoisotopic (exact) mass is 438 g/mol. The molecular weight excluding hydrogens is 412 g/mol. The largest absolute Gasteiger partial charge is 0.430 e. The first-order valence-electron chi connectivity index (χ1n) is 10.4. The fourth-order valence-electron chi connectivity index (χ4n) is 3.27. The molecule has 1 aliphatic heterocycles. The highest BCUT2D eigenvalue weighted by Gasteiger charge is 2.12. The second kappa shape index (κ2) is 10.5. The van der Waals surface area contributed by atoms with E-state index in [2.05, 4.69) is 50.8 Å². The van der Waals surface area contributed by atoms with Crippen molar-refractivity contribution in [3.63, 3.8) is 0 Å². The van der Waals surface area contributed by atoms with Gasteiger partial charge in [0.1, 0.15) is 5.75 Å². The molecule has 1 saturated heterocycles. The minimum Gasteiger partial charge on any atom is -0.430 e. The van der Waals surface area contributed by atoms with Crippen molar-refractivity contribution in [2.45, 2.75) is 13.3 Å². The topological polar surface area (TPSA) is 76.6 Å². The van der Waals surface area contributed by atoms with Gasteiger partial charge in [-0.25, -0.2) is 0 Å². The molecule has 0 radical (unpaired) electrons. The second-order valence-electron chi connectivity index (χ2n) is 7.48. The Morgan fingerprint density at radius 2 is 1.87 bits per heavy atom. The molecule has 1 fully saturated rings. The predicted molar refractivity (Wildman–Crippen MR) is 120 cm³/mol. The SMILES string of the molecule is Cc1ccc(Cc2nsc(Oc3ccc(C(=O)NCCN4CCOCC4)cc3)n2)cc1. The van der Waals surface area contributed by atoms with Gasteiger partial charge in [0, 0.05) is 49.7 Å². The Bertz CT molecular complexity index is 983. The van der Waals surface area contributed by atoms with Crippen LogP contribution >= 0.6 is 11.5 Å². The molecule has 1 N–H and O–H groups in total. The Kier molecular flexibility index (Phi) is 7.24. The number of hydrogen-bond donors (Lipinski definition) is 1. The van der Waals surface area contributed by atoms with Crippen LogP contribution in [0.3, 0.4) is 0 Å². The van der Waals surface area contributed by atoms with E-state index in [9.17, 15) is 4.79 Å². The van der Waals surface area contributed by atoms with Crippen LogP contribution in [0.2, 0.25) is 0 Å². The van der Waals surface area contributed by atoms with Gasteiger partial charge in [-0.15, -0.1) is 0 Å². The van der Waals surface area contributed by atoms with Crippen molar-refractivity contribution in [2.24, 2.45) is 0 Å². The molecule has 4 rings (SSSR count). The zero-order chi connectivity index (χ0) is 21.5. The maximum atomic E-state index is 12.3. The molecule has 0 bridgehead atoms. The van der Waals surface area contributed by atoms with E-state index in [0.717, 1.165) is 38.7 Å². The van der Waals surface area contributed by atoms with Gasteiger partial charge in [0.15, 0.2) is 5.82 Å². The summed E-state index contributed by atoms with van der Waals surface area (Å²) in [4.78, 5) is 19.1. The number of benzene rings is 2. The molecule has 2 heterocycles. The zero-order valence-corrected chi connectivity index (χ0v) is 18.4. The quantitative estimate of drug-likeness (QED) is 0.582. The van der Waals surface area contributed by atoms with Crippen molar-refractivity contribution in [3.05, 3.63) is 71.0 Å². The third-order valence-corrected chi connectivity index (χ3v) is 5.70. The van der Waals surface area contributed by atoms with Crippen molar-refractivity contribution in [3.8, 4) is 10.9 Å². The third-order valence-electron chi connectivity index (χ3n) is 5.07. The molecule has 7 nitrogen and oxygen atoms in total. The van der Waals surface area contributed by atoms with Gasteiger partial charge < -0.3 is 14.8 Å². The Balaban J connectivity index is 1.25. The summed E-state index contributed by atoms with van der Waals surface area (Å²) in [5.74, 6) is 1.28. The van der Waals surface area contributed by atoms with Crippen molar-refractivity contribution < 1.29 is 14.3 Å². The number of rotatable bonds is 8. The van der Waals surface area contributed by atoms with Crippen LogP contribution in [0.25, 0.3) is 0 Å². The number of ether oxygens (including phenoxy) is 2. The number of hydrogen-bond acceptors (Lipinski definition) is 7. The summed E-state index contributed by atoms with van der Waals surface area (Å²) >= 11 is 1.23. The fourth-order valence-corrected chi connectivity index (χ4v) is 3.84. The van der Waals surface area contributed by atoms with Crippen molar-refractivity contribution in [2.75, 3.05) is 39.4 Å². The van der Waals surface area contributed by atoms with Crippen LogP contribution in [0.1, 0.15) is 27.3 Å². The summed E-state index contributed by atoms with van der Waals surface area (Å²) < 4.78 is 15.5. The summed E-state index contributed by atoms with van der Waals surface area (Å²) in [5, 5.41) is 3.45. The first-order chi connectivity index (χ1) is 15.2. The number of nitrogens with zero attached hydrogens (tertiary/aromatic N) is 3. The van der Waals surface area contributed by atoms with E-state index in [1.807, 2.05) is 0 Å². The van der Waals surface area contributed by atoms with Gasteiger partial charge in [-0.1, -0.05) is 29.8 Å². The lowest BCUT2D eigenvalue weighted by Gasteiger charge is -2.26. The molecule has 2 aromatic carbocycles. The number of nitrogens with one attached hydrogen (secondary N) is 1. The molecule has 1 aromatic heterocycles. The Morgan fingerprint density at radius 1 is 1.13 bits per heavy atom. The van der Waals surface area contributed by atoms with Crippen LogP contribution in [0.5, 0.6) is 10.9 Å². The minimum atomic E-state index is -0.0869. The van der Waals surface area contributed by atoms with Gasteiger partial charge >= 0.3 is 0 Å². The summed E-state index contributed by atoms with van der Waals surface area (Å²) in [6, 6.07) is 15.4. The number of carbonyl (C=O) groups excluding carboxylic acids is 1. The third kappa shape index (κ3) is 6.33. The minimum absolute atomic E-state index is 0.0869. The summed E-state index contributed by atoms with van der Waals surface area (Å²) in [7, 11) is 0. The van der Waals surface area contributed by atoms with Crippen LogP contribution in [-0.4, -0.2) is 59.6 Å². The van der Waals surface area contributed by atoms with Crippen LogP contribution in [0.15, 0.2) is 48.5 Å². The van der Waals surface area contributed by atoms with Gasteiger partial charge in [-0.2, -0.15) is 9.36 Å². The molecule has 8 heteroatoms. The van der Waals surface area contributed by atoms with Gasteiger partial charge in [-0.05, 0) is 36.8 Å². The van der Waals surface area contributed by atoms with Gasteiger partial charge in [-0.3, -0.25) is 9.69 Å². The standard InChI is InChI=1S/C23H26N4O3S/c1-17-2-4-18(5-3-17)16-21-25-23(31-26-21)30-20-8-6-19(7-9-20)22(28)24-10-11-27-12-14-29-15-13-27/h2-9H,10-16H2,1H3,(H,24,28). The molecule has 1 aliphatic rings. The summed E-state index contributed by atoms with van der Waals surface area (Å²) in [6.45, 7) is 6.87. The zero-order valence-electron chi connectivity index (χ0n) is 17.5. The second-order valence-corrected chi connectivity index (χ2v) is 8.19. The molecule has 0 atom stereocenters. The van der Waals surface area contributed by atoms with Crippen molar-refractivity contribution >= 4 is 17.4 Å². The first kappa shape index (κ1) is 21.4. The predicted octanol–water partition coefficient (Wildman–Crippen LogP) is 3.29. The number of carbonyl (C=O) groups is 1. The van der Waals surface area contributed by atoms with Crippen LogP contribution < -0.4 is 10.1 Å². The normalized spacial score (nSPS) is 14.4. The fraction of sp³-hybridized carbons (Fsp3) is 0.348. The molecular formula is C23H26N4O3S. The smallest absolute Gasteiger partial charge is 0.298 e. The molecule has 0 aliphatic carbocycles. The maximum absolute atomic E-state index is 12.3. The molecule has 1 amide bonds. The lowest BCUT2D eigenvalue weighted by molar-refractivity contribution is 0.0383. The van der Waals surface area contributed by atoms with E-state index in [0.29, 0.717) is 29.5 Å². The van der Waals surface area contributed by atoms with Crippen LogP contribution in [0, 0.1) is 6.92 Å². The highest BCUT2D eigenvalue weighted by molar-refractivity contribution is 7.07. The van der Waals surface area contributed by atoms with Crippen LogP contribution in [0.4, 0.5) is 0 Å². The van der Waals surface area contributed by atoms with Gasteiger partial charge in [0.2, 0.25) is 0 Å². The lowest BCUT2D eigenvalue weighted by atomic mass is 10.1. The highest BCUT2D eigenvalue weighted by atomic mass is 32.1. The van der Waals surface area contributed by atoms with E-state index in [1.54, 1.807) is 24.3 Å². The van der Waals surface area contributed by atoms with Gasteiger partial charge in [0.05, 0.1) is 13.2 Å². The summed E-state index contributed by atoms with van der Waals surface area (Å²) in [5.41, 5.74) is 3.00. The van der Waals surface area contributed by atoms with Crippen molar-refractivity contribution in [1.29, 1.82) is 0 Å². The van der Waals surface area contributed by atoms with Crippen molar-refractivity contribution in [1.82, 2.24) is 19.6 Å². The van der Waals surface area contributed by atoms with E-state index in [1.165, 1.54) is 22.7 Å². The summed E-state index contributed by atoms with van der Waals surface area (Å²) in [6.07, 6.45) is 0.670. The average Bonchev–Trinajstić information content (AvgIpc) is 3.23. The highest BCUT2D eigenvalue weighted by Crippen LogP contribution is 2.24. The Hall–Kier alpha value is -2.81. The van der Waals surface area contributed by atoms with E-state index in [4.69, 9.17) is 9.47 Å². The number of morpholine rings is 1. The molecule has 0 saturated carbocycles. The molecule has 0 spiro atoms. The van der Waals surface area contributed by atoms with E-state index < -0.39 is 0 Å². The number of aryl methyl sites for hydroxylation is 1. The van der Waals surface area contributed by atoms with Gasteiger partial charge in [0.25, 0.3) is 11.1 Å². The number of aromatic nitrogens is 2. The van der Waals surface area contributed by atoms with E-state index in [-0.39, 0.29) is 5.91 Å². The number of amides is 1. The maximum Gasteiger partial charge on any atom is 0.298 e. The molecule has 0 unspecified atom stereocenters. The molecule has 31 heavy (non-hydrogen) atoms. The van der Waals surface area contributed by atoms with Crippen LogP contribution in [-0.2, 0) is 11.2 Å². The van der Waals surface area contributed by atoms with E-state index >= 15 is 0 Å². The Labute approximate surface area is 186 Å². The molecule has 3 aromatic rings. The Morgan fingerprint density at radius 3 is 2.61 bits per heavy atom. The average molecular weight is 439 g/mol.